The highest BCUT2D eigenvalue weighted by Gasteiger charge is 2.28. The SMILES string of the molecule is CC[C@@H]1CN(C(=O)O)CCN1c1cc[nH]c(=O)c1. The van der Waals surface area contributed by atoms with Crippen molar-refractivity contribution in [2.75, 3.05) is 24.5 Å². The minimum atomic E-state index is -0.876. The van der Waals surface area contributed by atoms with E-state index in [9.17, 15) is 9.59 Å². The molecule has 2 N–H and O–H groups in total. The summed E-state index contributed by atoms with van der Waals surface area (Å²) in [5.74, 6) is 0. The molecule has 1 aromatic rings. The van der Waals surface area contributed by atoms with Gasteiger partial charge in [-0.1, -0.05) is 6.92 Å². The number of piperazine rings is 1. The fourth-order valence-corrected chi connectivity index (χ4v) is 2.33. The molecule has 0 aromatic carbocycles. The van der Waals surface area contributed by atoms with Gasteiger partial charge in [-0.25, -0.2) is 4.79 Å². The van der Waals surface area contributed by atoms with Crippen LogP contribution in [0.25, 0.3) is 0 Å². The molecule has 98 valence electrons. The van der Waals surface area contributed by atoms with Gasteiger partial charge in [0.05, 0.1) is 0 Å². The molecule has 1 aliphatic heterocycles. The average Bonchev–Trinajstić information content (AvgIpc) is 2.37. The summed E-state index contributed by atoms with van der Waals surface area (Å²) >= 11 is 0. The predicted octanol–water partition coefficient (Wildman–Crippen LogP) is 0.954. The van der Waals surface area contributed by atoms with E-state index in [0.717, 1.165) is 12.1 Å². The molecule has 0 unspecified atom stereocenters. The van der Waals surface area contributed by atoms with E-state index in [0.29, 0.717) is 19.6 Å². The Morgan fingerprint density at radius 3 is 2.94 bits per heavy atom. The lowest BCUT2D eigenvalue weighted by Gasteiger charge is -2.41. The van der Waals surface area contributed by atoms with Gasteiger partial charge in [0.2, 0.25) is 5.56 Å². The highest BCUT2D eigenvalue weighted by Crippen LogP contribution is 2.20. The van der Waals surface area contributed by atoms with Crippen LogP contribution in [0.3, 0.4) is 0 Å². The number of hydrogen-bond donors (Lipinski definition) is 2. The van der Waals surface area contributed by atoms with Gasteiger partial charge < -0.3 is 19.9 Å². The van der Waals surface area contributed by atoms with Crippen molar-refractivity contribution >= 4 is 11.8 Å². The van der Waals surface area contributed by atoms with E-state index in [1.54, 1.807) is 12.3 Å². The van der Waals surface area contributed by atoms with Gasteiger partial charge in [0.1, 0.15) is 0 Å². The fraction of sp³-hybridized carbons (Fsp3) is 0.500. The van der Waals surface area contributed by atoms with Gasteiger partial charge in [-0.15, -0.1) is 0 Å². The lowest BCUT2D eigenvalue weighted by molar-refractivity contribution is 0.134. The molecule has 0 spiro atoms. The number of pyridine rings is 1. The molecule has 1 aromatic heterocycles. The number of nitrogens with one attached hydrogen (secondary N) is 1. The van der Waals surface area contributed by atoms with Crippen LogP contribution in [0.5, 0.6) is 0 Å². The first-order valence-corrected chi connectivity index (χ1v) is 6.05. The van der Waals surface area contributed by atoms with E-state index in [1.807, 2.05) is 13.0 Å². The number of aromatic amines is 1. The minimum Gasteiger partial charge on any atom is -0.465 e. The molecule has 6 nitrogen and oxygen atoms in total. The summed E-state index contributed by atoms with van der Waals surface area (Å²) in [4.78, 5) is 28.4. The molecule has 18 heavy (non-hydrogen) atoms. The van der Waals surface area contributed by atoms with Crippen molar-refractivity contribution in [2.45, 2.75) is 19.4 Å². The number of carbonyl (C=O) groups is 1. The second-order valence-corrected chi connectivity index (χ2v) is 4.40. The molecule has 0 saturated carbocycles. The first kappa shape index (κ1) is 12.5. The Morgan fingerprint density at radius 2 is 2.33 bits per heavy atom. The number of amides is 1. The zero-order valence-electron chi connectivity index (χ0n) is 10.3. The first-order valence-electron chi connectivity index (χ1n) is 6.05. The molecule has 0 bridgehead atoms. The van der Waals surface area contributed by atoms with Crippen LogP contribution < -0.4 is 10.5 Å². The van der Waals surface area contributed by atoms with E-state index in [1.165, 1.54) is 4.90 Å². The Bertz CT molecular complexity index is 485. The summed E-state index contributed by atoms with van der Waals surface area (Å²) < 4.78 is 0. The van der Waals surface area contributed by atoms with Crippen LogP contribution >= 0.6 is 0 Å². The second kappa shape index (κ2) is 5.12. The summed E-state index contributed by atoms with van der Waals surface area (Å²) in [6.07, 6.45) is 1.59. The molecule has 1 saturated heterocycles. The normalized spacial score (nSPS) is 19.9. The van der Waals surface area contributed by atoms with E-state index in [2.05, 4.69) is 9.88 Å². The Labute approximate surface area is 105 Å². The van der Waals surface area contributed by atoms with Crippen LogP contribution in [0.15, 0.2) is 23.1 Å². The maximum atomic E-state index is 11.3. The van der Waals surface area contributed by atoms with Gasteiger partial charge in [0.15, 0.2) is 0 Å². The van der Waals surface area contributed by atoms with Crippen molar-refractivity contribution in [3.05, 3.63) is 28.7 Å². The van der Waals surface area contributed by atoms with Crippen LogP contribution in [-0.2, 0) is 0 Å². The van der Waals surface area contributed by atoms with Crippen LogP contribution in [0.4, 0.5) is 10.5 Å². The van der Waals surface area contributed by atoms with Crippen molar-refractivity contribution in [3.63, 3.8) is 0 Å². The van der Waals surface area contributed by atoms with E-state index in [4.69, 9.17) is 5.11 Å². The molecule has 2 heterocycles. The quantitative estimate of drug-likeness (QED) is 0.820. The third-order valence-electron chi connectivity index (χ3n) is 3.31. The first-order chi connectivity index (χ1) is 8.61. The zero-order valence-corrected chi connectivity index (χ0v) is 10.3. The van der Waals surface area contributed by atoms with Gasteiger partial charge in [-0.3, -0.25) is 4.79 Å². The van der Waals surface area contributed by atoms with E-state index < -0.39 is 6.09 Å². The largest absolute Gasteiger partial charge is 0.465 e. The molecule has 6 heteroatoms. The Kier molecular flexibility index (Phi) is 3.55. The molecule has 2 rings (SSSR count). The number of nitrogens with zero attached hydrogens (tertiary/aromatic N) is 2. The maximum Gasteiger partial charge on any atom is 0.407 e. The maximum absolute atomic E-state index is 11.3. The number of hydrogen-bond acceptors (Lipinski definition) is 3. The third-order valence-corrected chi connectivity index (χ3v) is 3.31. The van der Waals surface area contributed by atoms with Crippen LogP contribution in [0.1, 0.15) is 13.3 Å². The van der Waals surface area contributed by atoms with Gasteiger partial charge in [0, 0.05) is 43.6 Å². The highest BCUT2D eigenvalue weighted by atomic mass is 16.4. The van der Waals surface area contributed by atoms with Crippen LogP contribution in [0, 0.1) is 0 Å². The standard InChI is InChI=1S/C12H17N3O3/c1-2-9-8-14(12(17)18)5-6-15(9)10-3-4-13-11(16)7-10/h3-4,7,9H,2,5-6,8H2,1H3,(H,13,16)(H,17,18)/t9-/m1/s1. The number of aromatic nitrogens is 1. The molecule has 1 amide bonds. The van der Waals surface area contributed by atoms with Crippen LogP contribution in [-0.4, -0.2) is 46.8 Å². The summed E-state index contributed by atoms with van der Waals surface area (Å²) in [5, 5.41) is 9.00. The summed E-state index contributed by atoms with van der Waals surface area (Å²) in [6.45, 7) is 3.60. The molecule has 1 atom stereocenters. The van der Waals surface area contributed by atoms with Gasteiger partial charge >= 0.3 is 6.09 Å². The Balaban J connectivity index is 2.19. The second-order valence-electron chi connectivity index (χ2n) is 4.40. The predicted molar refractivity (Wildman–Crippen MR) is 68.1 cm³/mol. The van der Waals surface area contributed by atoms with Crippen molar-refractivity contribution in [1.29, 1.82) is 0 Å². The van der Waals surface area contributed by atoms with Crippen molar-refractivity contribution in [3.8, 4) is 0 Å². The molecule has 1 aliphatic rings. The average molecular weight is 251 g/mol. The molecule has 0 radical (unpaired) electrons. The Morgan fingerprint density at radius 1 is 1.56 bits per heavy atom. The minimum absolute atomic E-state index is 0.122. The molecular weight excluding hydrogens is 234 g/mol. The van der Waals surface area contributed by atoms with Crippen LogP contribution in [0.2, 0.25) is 0 Å². The number of carboxylic acid groups (broad SMARTS) is 1. The number of rotatable bonds is 2. The topological polar surface area (TPSA) is 76.6 Å². The zero-order chi connectivity index (χ0) is 13.1. The number of anilines is 1. The highest BCUT2D eigenvalue weighted by molar-refractivity contribution is 5.65. The molecular formula is C12H17N3O3. The fourth-order valence-electron chi connectivity index (χ4n) is 2.33. The van der Waals surface area contributed by atoms with Crippen molar-refractivity contribution in [1.82, 2.24) is 9.88 Å². The lowest BCUT2D eigenvalue weighted by atomic mass is 10.1. The molecule has 0 aliphatic carbocycles. The molecule has 1 fully saturated rings. The summed E-state index contributed by atoms with van der Waals surface area (Å²) in [6, 6.07) is 3.52. The van der Waals surface area contributed by atoms with Gasteiger partial charge in [-0.05, 0) is 12.5 Å². The Hall–Kier alpha value is -1.98. The summed E-state index contributed by atoms with van der Waals surface area (Å²) in [7, 11) is 0. The van der Waals surface area contributed by atoms with Gasteiger partial charge in [-0.2, -0.15) is 0 Å². The smallest absolute Gasteiger partial charge is 0.407 e. The third kappa shape index (κ3) is 2.47. The van der Waals surface area contributed by atoms with E-state index >= 15 is 0 Å². The summed E-state index contributed by atoms with van der Waals surface area (Å²) in [5.41, 5.74) is 0.721. The van der Waals surface area contributed by atoms with E-state index in [-0.39, 0.29) is 11.6 Å². The van der Waals surface area contributed by atoms with Crippen molar-refractivity contribution < 1.29 is 9.90 Å². The number of H-pyrrole nitrogens is 1. The lowest BCUT2D eigenvalue weighted by Crippen LogP contribution is -2.54. The van der Waals surface area contributed by atoms with Gasteiger partial charge in [0.25, 0.3) is 0 Å². The van der Waals surface area contributed by atoms with Crippen molar-refractivity contribution in [2.24, 2.45) is 0 Å². The monoisotopic (exact) mass is 251 g/mol.